The van der Waals surface area contributed by atoms with E-state index in [4.69, 9.17) is 11.6 Å². The second-order valence-electron chi connectivity index (χ2n) is 5.94. The van der Waals surface area contributed by atoms with E-state index < -0.39 is 0 Å². The van der Waals surface area contributed by atoms with Gasteiger partial charge in [0.05, 0.1) is 23.3 Å². The standard InChI is InChI=1S/C19H16ClN3O/c1-12-18(13(2)24)23-17-6-4-3-5-16(17)22(19(23)21-12)11-14-7-9-15(20)10-8-14/h3-10H,11H2,1-2H3. The van der Waals surface area contributed by atoms with Crippen LogP contribution in [-0.4, -0.2) is 19.7 Å². The maximum absolute atomic E-state index is 12.1. The molecule has 4 rings (SSSR count). The monoisotopic (exact) mass is 337 g/mol. The highest BCUT2D eigenvalue weighted by Gasteiger charge is 2.20. The lowest BCUT2D eigenvalue weighted by atomic mass is 10.2. The number of nitrogens with zero attached hydrogens (tertiary/aromatic N) is 3. The number of hydrogen-bond acceptors (Lipinski definition) is 2. The number of aromatic nitrogens is 3. The quantitative estimate of drug-likeness (QED) is 0.516. The molecule has 0 atom stereocenters. The first-order valence-electron chi connectivity index (χ1n) is 7.78. The largest absolute Gasteiger partial charge is 0.305 e. The number of para-hydroxylation sites is 2. The molecule has 4 nitrogen and oxygen atoms in total. The number of benzene rings is 2. The summed E-state index contributed by atoms with van der Waals surface area (Å²) in [7, 11) is 0. The Bertz CT molecular complexity index is 1070. The molecule has 24 heavy (non-hydrogen) atoms. The topological polar surface area (TPSA) is 39.3 Å². The Labute approximate surface area is 144 Å². The van der Waals surface area contributed by atoms with Crippen LogP contribution < -0.4 is 0 Å². The van der Waals surface area contributed by atoms with Gasteiger partial charge < -0.3 is 4.57 Å². The van der Waals surface area contributed by atoms with Crippen molar-refractivity contribution in [3.05, 3.63) is 70.5 Å². The predicted octanol–water partition coefficient (Wildman–Crippen LogP) is 4.50. The maximum atomic E-state index is 12.1. The average Bonchev–Trinajstić information content (AvgIpc) is 3.04. The van der Waals surface area contributed by atoms with Crippen LogP contribution in [0.3, 0.4) is 0 Å². The summed E-state index contributed by atoms with van der Waals surface area (Å²) in [5.41, 5.74) is 4.58. The summed E-state index contributed by atoms with van der Waals surface area (Å²) >= 11 is 5.98. The molecule has 0 unspecified atom stereocenters. The zero-order chi connectivity index (χ0) is 16.8. The molecule has 0 radical (unpaired) electrons. The molecule has 0 fully saturated rings. The normalized spacial score (nSPS) is 11.5. The number of imidazole rings is 2. The molecule has 0 saturated carbocycles. The molecule has 2 heterocycles. The number of aryl methyl sites for hydroxylation is 1. The summed E-state index contributed by atoms with van der Waals surface area (Å²) in [4.78, 5) is 16.8. The number of hydrogen-bond donors (Lipinski definition) is 0. The smallest absolute Gasteiger partial charge is 0.216 e. The number of halogens is 1. The highest BCUT2D eigenvalue weighted by Crippen LogP contribution is 2.25. The van der Waals surface area contributed by atoms with Crippen LogP contribution in [0.1, 0.15) is 28.7 Å². The van der Waals surface area contributed by atoms with E-state index in [0.717, 1.165) is 33.1 Å². The van der Waals surface area contributed by atoms with Crippen molar-refractivity contribution in [3.63, 3.8) is 0 Å². The number of Topliss-reactive ketones (excluding diaryl/α,β-unsaturated/α-hetero) is 1. The second kappa shape index (κ2) is 5.49. The van der Waals surface area contributed by atoms with Gasteiger partial charge in [-0.3, -0.25) is 9.20 Å². The van der Waals surface area contributed by atoms with Gasteiger partial charge in [-0.2, -0.15) is 0 Å². The fourth-order valence-electron chi connectivity index (χ4n) is 3.25. The molecular formula is C19H16ClN3O. The Balaban J connectivity index is 2.01. The lowest BCUT2D eigenvalue weighted by Crippen LogP contribution is -2.00. The summed E-state index contributed by atoms with van der Waals surface area (Å²) in [5.74, 6) is 0.809. The fraction of sp³-hybridized carbons (Fsp3) is 0.158. The van der Waals surface area contributed by atoms with Gasteiger partial charge in [0.1, 0.15) is 5.69 Å². The molecule has 0 amide bonds. The van der Waals surface area contributed by atoms with Crippen molar-refractivity contribution in [1.29, 1.82) is 0 Å². The fourth-order valence-corrected chi connectivity index (χ4v) is 3.38. The molecular weight excluding hydrogens is 322 g/mol. The van der Waals surface area contributed by atoms with Crippen LogP contribution in [0.2, 0.25) is 5.02 Å². The van der Waals surface area contributed by atoms with E-state index in [2.05, 4.69) is 15.6 Å². The minimum absolute atomic E-state index is 0.0226. The third kappa shape index (κ3) is 2.22. The lowest BCUT2D eigenvalue weighted by Gasteiger charge is -2.05. The van der Waals surface area contributed by atoms with Crippen LogP contribution in [0.25, 0.3) is 16.8 Å². The molecule has 4 aromatic rings. The van der Waals surface area contributed by atoms with E-state index in [1.54, 1.807) is 6.92 Å². The minimum Gasteiger partial charge on any atom is -0.305 e. The first kappa shape index (κ1) is 15.0. The number of carbonyl (C=O) groups excluding carboxylic acids is 1. The summed E-state index contributed by atoms with van der Waals surface area (Å²) in [6, 6.07) is 15.8. The molecule has 0 aliphatic carbocycles. The third-order valence-corrected chi connectivity index (χ3v) is 4.53. The number of rotatable bonds is 3. The molecule has 0 bridgehead atoms. The molecule has 0 spiro atoms. The molecule has 120 valence electrons. The Hall–Kier alpha value is -2.59. The van der Waals surface area contributed by atoms with Crippen LogP contribution >= 0.6 is 11.6 Å². The molecule has 0 saturated heterocycles. The summed E-state index contributed by atoms with van der Waals surface area (Å²) in [6.45, 7) is 4.13. The zero-order valence-electron chi connectivity index (χ0n) is 13.5. The number of carbonyl (C=O) groups is 1. The SMILES string of the molecule is CC(=O)c1c(C)nc2n(Cc3ccc(Cl)cc3)c3ccccc3n12. The molecule has 5 heteroatoms. The summed E-state index contributed by atoms with van der Waals surface area (Å²) in [6.07, 6.45) is 0. The Morgan fingerprint density at radius 2 is 1.75 bits per heavy atom. The predicted molar refractivity (Wildman–Crippen MR) is 96.0 cm³/mol. The van der Waals surface area contributed by atoms with Crippen LogP contribution in [0.5, 0.6) is 0 Å². The van der Waals surface area contributed by atoms with Crippen molar-refractivity contribution in [2.45, 2.75) is 20.4 Å². The van der Waals surface area contributed by atoms with Gasteiger partial charge in [0.15, 0.2) is 5.78 Å². The lowest BCUT2D eigenvalue weighted by molar-refractivity contribution is 0.101. The number of fused-ring (bicyclic) bond motifs is 3. The van der Waals surface area contributed by atoms with Crippen molar-refractivity contribution in [1.82, 2.24) is 14.0 Å². The van der Waals surface area contributed by atoms with Gasteiger partial charge in [-0.1, -0.05) is 35.9 Å². The highest BCUT2D eigenvalue weighted by atomic mass is 35.5. The van der Waals surface area contributed by atoms with Gasteiger partial charge in [0.2, 0.25) is 5.78 Å². The Morgan fingerprint density at radius 3 is 2.42 bits per heavy atom. The summed E-state index contributed by atoms with van der Waals surface area (Å²) in [5, 5.41) is 0.719. The molecule has 2 aromatic heterocycles. The molecule has 0 N–H and O–H groups in total. The molecule has 0 aliphatic heterocycles. The number of ketones is 1. The Morgan fingerprint density at radius 1 is 1.08 bits per heavy atom. The van der Waals surface area contributed by atoms with Gasteiger partial charge in [-0.15, -0.1) is 0 Å². The van der Waals surface area contributed by atoms with Crippen molar-refractivity contribution in [3.8, 4) is 0 Å². The van der Waals surface area contributed by atoms with Crippen molar-refractivity contribution in [2.24, 2.45) is 0 Å². The minimum atomic E-state index is 0.0226. The van der Waals surface area contributed by atoms with E-state index in [0.29, 0.717) is 12.2 Å². The summed E-state index contributed by atoms with van der Waals surface area (Å²) < 4.78 is 4.10. The third-order valence-electron chi connectivity index (χ3n) is 4.28. The van der Waals surface area contributed by atoms with E-state index in [9.17, 15) is 4.79 Å². The van der Waals surface area contributed by atoms with Crippen molar-refractivity contribution in [2.75, 3.05) is 0 Å². The van der Waals surface area contributed by atoms with Crippen LogP contribution in [-0.2, 0) is 6.54 Å². The van der Waals surface area contributed by atoms with E-state index in [-0.39, 0.29) is 5.78 Å². The van der Waals surface area contributed by atoms with Crippen LogP contribution in [0.15, 0.2) is 48.5 Å². The van der Waals surface area contributed by atoms with E-state index in [1.807, 2.05) is 53.8 Å². The Kier molecular flexibility index (Phi) is 3.43. The van der Waals surface area contributed by atoms with Gasteiger partial charge in [0, 0.05) is 11.9 Å². The highest BCUT2D eigenvalue weighted by molar-refractivity contribution is 6.30. The average molecular weight is 338 g/mol. The first-order chi connectivity index (χ1) is 11.6. The maximum Gasteiger partial charge on any atom is 0.216 e. The van der Waals surface area contributed by atoms with Crippen molar-refractivity contribution >= 4 is 34.2 Å². The van der Waals surface area contributed by atoms with Gasteiger partial charge in [-0.05, 0) is 36.8 Å². The van der Waals surface area contributed by atoms with E-state index >= 15 is 0 Å². The molecule has 0 aliphatic rings. The van der Waals surface area contributed by atoms with Crippen LogP contribution in [0, 0.1) is 6.92 Å². The van der Waals surface area contributed by atoms with Gasteiger partial charge in [0.25, 0.3) is 0 Å². The van der Waals surface area contributed by atoms with Gasteiger partial charge in [-0.25, -0.2) is 4.98 Å². The van der Waals surface area contributed by atoms with Gasteiger partial charge >= 0.3 is 0 Å². The first-order valence-corrected chi connectivity index (χ1v) is 8.15. The molecule has 2 aromatic carbocycles. The zero-order valence-corrected chi connectivity index (χ0v) is 14.2. The van der Waals surface area contributed by atoms with Crippen molar-refractivity contribution < 1.29 is 4.79 Å². The second-order valence-corrected chi connectivity index (χ2v) is 6.38. The van der Waals surface area contributed by atoms with Crippen LogP contribution in [0.4, 0.5) is 0 Å². The van der Waals surface area contributed by atoms with E-state index in [1.165, 1.54) is 0 Å².